The van der Waals surface area contributed by atoms with Gasteiger partial charge in [0.15, 0.2) is 0 Å². The van der Waals surface area contributed by atoms with Gasteiger partial charge in [0, 0.05) is 22.2 Å². The van der Waals surface area contributed by atoms with Gasteiger partial charge in [-0.25, -0.2) is 0 Å². The molecule has 2 heteroatoms. The van der Waals surface area contributed by atoms with Crippen LogP contribution in [0.3, 0.4) is 0 Å². The first-order valence-corrected chi connectivity index (χ1v) is 7.00. The van der Waals surface area contributed by atoms with Crippen molar-refractivity contribution in [3.8, 4) is 0 Å². The van der Waals surface area contributed by atoms with E-state index >= 15 is 0 Å². The van der Waals surface area contributed by atoms with Crippen LogP contribution in [0.1, 0.15) is 35.4 Å². The molecule has 1 saturated carbocycles. The lowest BCUT2D eigenvalue weighted by Crippen LogP contribution is -2.26. The van der Waals surface area contributed by atoms with Gasteiger partial charge >= 0.3 is 0 Å². The molecule has 2 aliphatic rings. The summed E-state index contributed by atoms with van der Waals surface area (Å²) in [6, 6.07) is 6.80. The quantitative estimate of drug-likeness (QED) is 0.808. The molecule has 0 aromatic carbocycles. The van der Waals surface area contributed by atoms with Gasteiger partial charge in [-0.2, -0.15) is 0 Å². The van der Waals surface area contributed by atoms with Crippen LogP contribution < -0.4 is 0 Å². The minimum atomic E-state index is 0.354. The van der Waals surface area contributed by atoms with Gasteiger partial charge in [-0.15, -0.1) is 11.3 Å². The standard InChI is InChI=1S/C14H15NS/c1-2-12(16-9-1)14(11-3-4-11)7-5-10-6-8-15-13(10)14/h1-2,6,8-9,11,15H,3-5,7H2. The second kappa shape index (κ2) is 3.01. The molecule has 0 aliphatic heterocycles. The number of H-pyrrole nitrogens is 1. The summed E-state index contributed by atoms with van der Waals surface area (Å²) < 4.78 is 0. The molecule has 1 atom stereocenters. The van der Waals surface area contributed by atoms with Crippen LogP contribution in [0.2, 0.25) is 0 Å². The molecule has 1 N–H and O–H groups in total. The van der Waals surface area contributed by atoms with Crippen LogP contribution in [-0.4, -0.2) is 4.98 Å². The summed E-state index contributed by atoms with van der Waals surface area (Å²) in [4.78, 5) is 5.10. The smallest absolute Gasteiger partial charge is 0.0481 e. The maximum absolute atomic E-state index is 3.52. The normalized spacial score (nSPS) is 28.2. The fourth-order valence-corrected chi connectivity index (χ4v) is 4.49. The van der Waals surface area contributed by atoms with Crippen LogP contribution in [0.4, 0.5) is 0 Å². The predicted octanol–water partition coefficient (Wildman–Crippen LogP) is 3.72. The van der Waals surface area contributed by atoms with E-state index in [1.165, 1.54) is 31.4 Å². The lowest BCUT2D eigenvalue weighted by Gasteiger charge is -2.28. The van der Waals surface area contributed by atoms with Gasteiger partial charge in [-0.05, 0) is 54.7 Å². The van der Waals surface area contributed by atoms with Gasteiger partial charge in [0.25, 0.3) is 0 Å². The molecule has 0 spiro atoms. The number of thiophene rings is 1. The van der Waals surface area contributed by atoms with Gasteiger partial charge in [0.1, 0.15) is 0 Å². The highest BCUT2D eigenvalue weighted by atomic mass is 32.1. The van der Waals surface area contributed by atoms with Crippen molar-refractivity contribution in [3.63, 3.8) is 0 Å². The molecule has 16 heavy (non-hydrogen) atoms. The minimum absolute atomic E-state index is 0.354. The van der Waals surface area contributed by atoms with Crippen molar-refractivity contribution in [3.05, 3.63) is 45.9 Å². The Morgan fingerprint density at radius 1 is 1.31 bits per heavy atom. The highest BCUT2D eigenvalue weighted by Crippen LogP contribution is 2.58. The van der Waals surface area contributed by atoms with Crippen molar-refractivity contribution < 1.29 is 0 Å². The van der Waals surface area contributed by atoms with Crippen molar-refractivity contribution in [2.75, 3.05) is 0 Å². The highest BCUT2D eigenvalue weighted by molar-refractivity contribution is 7.10. The number of hydrogen-bond donors (Lipinski definition) is 1. The molecule has 1 unspecified atom stereocenters. The van der Waals surface area contributed by atoms with E-state index in [1.54, 1.807) is 10.4 Å². The number of nitrogens with one attached hydrogen (secondary N) is 1. The van der Waals surface area contributed by atoms with Crippen molar-refractivity contribution in [1.82, 2.24) is 4.98 Å². The van der Waals surface area contributed by atoms with Gasteiger partial charge < -0.3 is 4.98 Å². The van der Waals surface area contributed by atoms with E-state index in [1.807, 2.05) is 11.3 Å². The number of hydrogen-bond acceptors (Lipinski definition) is 1. The molecule has 1 nitrogen and oxygen atoms in total. The third-order valence-electron chi connectivity index (χ3n) is 4.30. The van der Waals surface area contributed by atoms with Gasteiger partial charge in [0.2, 0.25) is 0 Å². The Morgan fingerprint density at radius 2 is 2.25 bits per heavy atom. The van der Waals surface area contributed by atoms with Gasteiger partial charge in [-0.1, -0.05) is 6.07 Å². The third kappa shape index (κ3) is 1.01. The Labute approximate surface area is 99.5 Å². The number of aromatic amines is 1. The summed E-state index contributed by atoms with van der Waals surface area (Å²) in [7, 11) is 0. The summed E-state index contributed by atoms with van der Waals surface area (Å²) in [5.41, 5.74) is 3.44. The Morgan fingerprint density at radius 3 is 3.00 bits per heavy atom. The summed E-state index contributed by atoms with van der Waals surface area (Å²) in [6.07, 6.45) is 7.52. The monoisotopic (exact) mass is 229 g/mol. The minimum Gasteiger partial charge on any atom is -0.364 e. The topological polar surface area (TPSA) is 15.8 Å². The van der Waals surface area contributed by atoms with Crippen molar-refractivity contribution in [1.29, 1.82) is 0 Å². The first-order chi connectivity index (χ1) is 7.91. The van der Waals surface area contributed by atoms with Crippen LogP contribution in [0.15, 0.2) is 29.8 Å². The molecular formula is C14H15NS. The van der Waals surface area contributed by atoms with Crippen LogP contribution in [0, 0.1) is 5.92 Å². The Bertz CT molecular complexity index is 507. The molecule has 2 aliphatic carbocycles. The molecule has 0 saturated heterocycles. The Balaban J connectivity index is 1.94. The lowest BCUT2D eigenvalue weighted by atomic mass is 9.78. The maximum atomic E-state index is 3.52. The summed E-state index contributed by atoms with van der Waals surface area (Å²) in [6.45, 7) is 0. The summed E-state index contributed by atoms with van der Waals surface area (Å²) in [5, 5.41) is 2.22. The zero-order chi connectivity index (χ0) is 10.6. The average Bonchev–Trinajstić information content (AvgIpc) is 2.77. The molecule has 2 aromatic heterocycles. The SMILES string of the molecule is c1csc(C2(C3CC3)CCc3cc[nH]c32)c1. The second-order valence-corrected chi connectivity index (χ2v) is 6.05. The molecule has 0 amide bonds. The van der Waals surface area contributed by atoms with E-state index in [9.17, 15) is 0 Å². The number of aromatic nitrogens is 1. The summed E-state index contributed by atoms with van der Waals surface area (Å²) >= 11 is 1.93. The van der Waals surface area contributed by atoms with E-state index in [-0.39, 0.29) is 0 Å². The molecule has 4 rings (SSSR count). The number of rotatable bonds is 2. The van der Waals surface area contributed by atoms with Crippen molar-refractivity contribution >= 4 is 11.3 Å². The average molecular weight is 229 g/mol. The number of aryl methyl sites for hydroxylation is 1. The first kappa shape index (κ1) is 9.06. The molecule has 2 aromatic rings. The fourth-order valence-electron chi connectivity index (χ4n) is 3.45. The highest BCUT2D eigenvalue weighted by Gasteiger charge is 2.52. The van der Waals surface area contributed by atoms with E-state index in [0.717, 1.165) is 5.92 Å². The fraction of sp³-hybridized carbons (Fsp3) is 0.429. The zero-order valence-electron chi connectivity index (χ0n) is 9.20. The van der Waals surface area contributed by atoms with E-state index in [4.69, 9.17) is 0 Å². The van der Waals surface area contributed by atoms with Crippen molar-refractivity contribution in [2.45, 2.75) is 31.1 Å². The van der Waals surface area contributed by atoms with Gasteiger partial charge in [-0.3, -0.25) is 0 Å². The molecule has 1 fully saturated rings. The molecular weight excluding hydrogens is 214 g/mol. The predicted molar refractivity (Wildman–Crippen MR) is 66.9 cm³/mol. The maximum Gasteiger partial charge on any atom is 0.0481 e. The zero-order valence-corrected chi connectivity index (χ0v) is 10.0. The van der Waals surface area contributed by atoms with E-state index in [0.29, 0.717) is 5.41 Å². The van der Waals surface area contributed by atoms with Crippen LogP contribution in [0.25, 0.3) is 0 Å². The molecule has 0 radical (unpaired) electrons. The van der Waals surface area contributed by atoms with Gasteiger partial charge in [0.05, 0.1) is 0 Å². The molecule has 2 heterocycles. The first-order valence-electron chi connectivity index (χ1n) is 6.12. The van der Waals surface area contributed by atoms with Crippen LogP contribution in [-0.2, 0) is 11.8 Å². The van der Waals surface area contributed by atoms with E-state index in [2.05, 4.69) is 34.8 Å². The number of fused-ring (bicyclic) bond motifs is 1. The third-order valence-corrected chi connectivity index (χ3v) is 5.35. The molecule has 0 bridgehead atoms. The van der Waals surface area contributed by atoms with Crippen molar-refractivity contribution in [2.24, 2.45) is 5.92 Å². The Hall–Kier alpha value is -1.02. The second-order valence-electron chi connectivity index (χ2n) is 5.10. The lowest BCUT2D eigenvalue weighted by molar-refractivity contribution is 0.443. The van der Waals surface area contributed by atoms with Crippen LogP contribution in [0.5, 0.6) is 0 Å². The largest absolute Gasteiger partial charge is 0.364 e. The van der Waals surface area contributed by atoms with Crippen LogP contribution >= 0.6 is 11.3 Å². The van der Waals surface area contributed by atoms with E-state index < -0.39 is 0 Å². The Kier molecular flexibility index (Phi) is 1.70. The molecule has 82 valence electrons. The summed E-state index contributed by atoms with van der Waals surface area (Å²) in [5.74, 6) is 0.894.